The number of anilines is 1. The number of carbonyl (C=O) groups excluding carboxylic acids is 3. The largest absolute Gasteiger partial charge is 0.465 e. The first-order chi connectivity index (χ1) is 12.5. The summed E-state index contributed by atoms with van der Waals surface area (Å²) in [4.78, 5) is 35.4. The fraction of sp³-hybridized carbons (Fsp3) is 0.150. The Morgan fingerprint density at radius 2 is 1.81 bits per heavy atom. The summed E-state index contributed by atoms with van der Waals surface area (Å²) >= 11 is 0. The topological polar surface area (TPSA) is 84.5 Å². The third kappa shape index (κ3) is 5.59. The van der Waals surface area contributed by atoms with Gasteiger partial charge in [-0.25, -0.2) is 4.79 Å². The molecular formula is C20H20N2O4. The Balaban J connectivity index is 1.89. The minimum Gasteiger partial charge on any atom is -0.465 e. The summed E-state index contributed by atoms with van der Waals surface area (Å²) in [5.41, 5.74) is 2.51. The molecule has 0 saturated carbocycles. The first kappa shape index (κ1) is 18.9. The second kappa shape index (κ2) is 9.17. The summed E-state index contributed by atoms with van der Waals surface area (Å²) in [5.74, 6) is -1.25. The van der Waals surface area contributed by atoms with Crippen LogP contribution in [0.5, 0.6) is 0 Å². The lowest BCUT2D eigenvalue weighted by Gasteiger charge is -2.10. The van der Waals surface area contributed by atoms with Crippen LogP contribution in [0.3, 0.4) is 0 Å². The zero-order valence-corrected chi connectivity index (χ0v) is 14.6. The Morgan fingerprint density at radius 3 is 2.50 bits per heavy atom. The van der Waals surface area contributed by atoms with Crippen molar-refractivity contribution in [3.63, 3.8) is 0 Å². The third-order valence-corrected chi connectivity index (χ3v) is 3.58. The number of esters is 1. The quantitative estimate of drug-likeness (QED) is 0.618. The van der Waals surface area contributed by atoms with E-state index in [1.54, 1.807) is 25.1 Å². The number of hydrogen-bond donors (Lipinski definition) is 2. The van der Waals surface area contributed by atoms with Crippen molar-refractivity contribution in [2.75, 3.05) is 19.0 Å². The molecule has 0 atom stereocenters. The number of hydrogen-bond acceptors (Lipinski definition) is 4. The van der Waals surface area contributed by atoms with Gasteiger partial charge in [-0.05, 0) is 36.3 Å². The number of methoxy groups -OCH3 is 1. The summed E-state index contributed by atoms with van der Waals surface area (Å²) in [6, 6.07) is 14.2. The SMILES string of the molecule is COC(=O)c1ccc(C)c(NC(=O)CNC(=O)/C=C/c2ccccc2)c1. The second-order valence-electron chi connectivity index (χ2n) is 5.53. The number of nitrogens with one attached hydrogen (secondary N) is 2. The van der Waals surface area contributed by atoms with Gasteiger partial charge in [0.2, 0.25) is 11.8 Å². The highest BCUT2D eigenvalue weighted by molar-refractivity contribution is 5.99. The van der Waals surface area contributed by atoms with Crippen LogP contribution in [0.1, 0.15) is 21.5 Å². The van der Waals surface area contributed by atoms with E-state index < -0.39 is 11.9 Å². The van der Waals surface area contributed by atoms with Crippen molar-refractivity contribution in [1.82, 2.24) is 5.32 Å². The Morgan fingerprint density at radius 1 is 1.08 bits per heavy atom. The van der Waals surface area contributed by atoms with E-state index in [0.29, 0.717) is 11.3 Å². The molecule has 26 heavy (non-hydrogen) atoms. The molecule has 0 aliphatic rings. The van der Waals surface area contributed by atoms with Crippen LogP contribution in [0.2, 0.25) is 0 Å². The first-order valence-corrected chi connectivity index (χ1v) is 7.99. The van der Waals surface area contributed by atoms with Gasteiger partial charge in [0.1, 0.15) is 0 Å². The molecule has 6 heteroatoms. The molecule has 2 aromatic rings. The van der Waals surface area contributed by atoms with Gasteiger partial charge >= 0.3 is 5.97 Å². The van der Waals surface area contributed by atoms with Gasteiger partial charge in [0.15, 0.2) is 0 Å². The minimum atomic E-state index is -0.486. The Kier molecular flexibility index (Phi) is 6.68. The molecule has 0 heterocycles. The fourth-order valence-electron chi connectivity index (χ4n) is 2.16. The molecule has 0 fully saturated rings. The van der Waals surface area contributed by atoms with E-state index in [1.807, 2.05) is 30.3 Å². The monoisotopic (exact) mass is 352 g/mol. The maximum atomic E-state index is 12.0. The fourth-order valence-corrected chi connectivity index (χ4v) is 2.16. The third-order valence-electron chi connectivity index (χ3n) is 3.58. The van der Waals surface area contributed by atoms with Crippen LogP contribution in [0.15, 0.2) is 54.6 Å². The number of aryl methyl sites for hydroxylation is 1. The highest BCUT2D eigenvalue weighted by Gasteiger charge is 2.10. The maximum absolute atomic E-state index is 12.0. The number of ether oxygens (including phenoxy) is 1. The number of amides is 2. The van der Waals surface area contributed by atoms with Crippen molar-refractivity contribution in [3.05, 3.63) is 71.3 Å². The molecule has 0 bridgehead atoms. The van der Waals surface area contributed by atoms with Crippen molar-refractivity contribution in [1.29, 1.82) is 0 Å². The number of rotatable bonds is 6. The number of benzene rings is 2. The molecule has 0 spiro atoms. The van der Waals surface area contributed by atoms with Gasteiger partial charge < -0.3 is 15.4 Å². The van der Waals surface area contributed by atoms with Crippen molar-refractivity contribution in [3.8, 4) is 0 Å². The zero-order chi connectivity index (χ0) is 18.9. The molecule has 2 aromatic carbocycles. The molecule has 2 N–H and O–H groups in total. The van der Waals surface area contributed by atoms with Crippen molar-refractivity contribution in [2.45, 2.75) is 6.92 Å². The van der Waals surface area contributed by atoms with Gasteiger partial charge in [-0.1, -0.05) is 36.4 Å². The van der Waals surface area contributed by atoms with E-state index in [-0.39, 0.29) is 12.5 Å². The lowest BCUT2D eigenvalue weighted by molar-refractivity contribution is -0.121. The molecule has 0 saturated heterocycles. The molecule has 2 rings (SSSR count). The molecule has 0 aromatic heterocycles. The molecule has 134 valence electrons. The van der Waals surface area contributed by atoms with Gasteiger partial charge in [0.25, 0.3) is 0 Å². The van der Waals surface area contributed by atoms with Crippen LogP contribution in [0, 0.1) is 6.92 Å². The van der Waals surface area contributed by atoms with Crippen LogP contribution in [-0.4, -0.2) is 31.4 Å². The normalized spacial score (nSPS) is 10.4. The molecule has 0 radical (unpaired) electrons. The van der Waals surface area contributed by atoms with E-state index in [2.05, 4.69) is 15.4 Å². The van der Waals surface area contributed by atoms with E-state index >= 15 is 0 Å². The summed E-state index contributed by atoms with van der Waals surface area (Å²) in [5, 5.41) is 5.18. The maximum Gasteiger partial charge on any atom is 0.337 e. The van der Waals surface area contributed by atoms with Crippen LogP contribution in [-0.2, 0) is 14.3 Å². The standard InChI is InChI=1S/C20H20N2O4/c1-14-8-10-16(20(25)26-2)12-17(14)22-19(24)13-21-18(23)11-9-15-6-4-3-5-7-15/h3-12H,13H2,1-2H3,(H,21,23)(H,22,24)/b11-9+. The minimum absolute atomic E-state index is 0.181. The lowest BCUT2D eigenvalue weighted by Crippen LogP contribution is -2.31. The van der Waals surface area contributed by atoms with Gasteiger partial charge in [0.05, 0.1) is 19.2 Å². The summed E-state index contributed by atoms with van der Waals surface area (Å²) in [6.45, 7) is 1.62. The lowest BCUT2D eigenvalue weighted by atomic mass is 10.1. The molecule has 0 aliphatic carbocycles. The highest BCUT2D eigenvalue weighted by atomic mass is 16.5. The molecule has 2 amide bonds. The van der Waals surface area contributed by atoms with Crippen LogP contribution >= 0.6 is 0 Å². The predicted octanol–water partition coefficient (Wildman–Crippen LogP) is 2.55. The van der Waals surface area contributed by atoms with Gasteiger partial charge in [-0.3, -0.25) is 9.59 Å². The first-order valence-electron chi connectivity index (χ1n) is 7.99. The summed E-state index contributed by atoms with van der Waals surface area (Å²) in [7, 11) is 1.29. The Labute approximate surface area is 151 Å². The Hall–Kier alpha value is -3.41. The van der Waals surface area contributed by atoms with E-state index in [1.165, 1.54) is 19.3 Å². The van der Waals surface area contributed by atoms with Crippen LogP contribution < -0.4 is 10.6 Å². The van der Waals surface area contributed by atoms with Crippen molar-refractivity contribution < 1.29 is 19.1 Å². The van der Waals surface area contributed by atoms with Gasteiger partial charge in [-0.15, -0.1) is 0 Å². The molecular weight excluding hydrogens is 332 g/mol. The van der Waals surface area contributed by atoms with E-state index in [0.717, 1.165) is 11.1 Å². The van der Waals surface area contributed by atoms with Crippen LogP contribution in [0.25, 0.3) is 6.08 Å². The molecule has 0 aliphatic heterocycles. The smallest absolute Gasteiger partial charge is 0.337 e. The number of carbonyl (C=O) groups is 3. The molecule has 6 nitrogen and oxygen atoms in total. The second-order valence-corrected chi connectivity index (χ2v) is 5.53. The Bertz CT molecular complexity index is 829. The average Bonchev–Trinajstić information content (AvgIpc) is 2.66. The summed E-state index contributed by atoms with van der Waals surface area (Å²) in [6.07, 6.45) is 3.03. The summed E-state index contributed by atoms with van der Waals surface area (Å²) < 4.78 is 4.66. The predicted molar refractivity (Wildman–Crippen MR) is 99.6 cm³/mol. The average molecular weight is 352 g/mol. The van der Waals surface area contributed by atoms with E-state index in [9.17, 15) is 14.4 Å². The van der Waals surface area contributed by atoms with Crippen molar-refractivity contribution >= 4 is 29.5 Å². The van der Waals surface area contributed by atoms with Crippen LogP contribution in [0.4, 0.5) is 5.69 Å². The van der Waals surface area contributed by atoms with Gasteiger partial charge in [0, 0.05) is 11.8 Å². The highest BCUT2D eigenvalue weighted by Crippen LogP contribution is 2.17. The zero-order valence-electron chi connectivity index (χ0n) is 14.6. The van der Waals surface area contributed by atoms with E-state index in [4.69, 9.17) is 0 Å². The molecule has 0 unspecified atom stereocenters. The van der Waals surface area contributed by atoms with Gasteiger partial charge in [-0.2, -0.15) is 0 Å². The van der Waals surface area contributed by atoms with Crippen molar-refractivity contribution in [2.24, 2.45) is 0 Å².